The maximum Gasteiger partial charge on any atom is 0.312 e. The second kappa shape index (κ2) is 6.63. The first kappa shape index (κ1) is 12.3. The molecule has 5 nitrogen and oxygen atoms in total. The van der Waals surface area contributed by atoms with Gasteiger partial charge in [0.15, 0.2) is 0 Å². The van der Waals surface area contributed by atoms with Crippen molar-refractivity contribution in [3.8, 4) is 0 Å². The van der Waals surface area contributed by atoms with Crippen molar-refractivity contribution in [2.45, 2.75) is 6.42 Å². The number of hydrogen-bond acceptors (Lipinski definition) is 3. The summed E-state index contributed by atoms with van der Waals surface area (Å²) in [5.41, 5.74) is 0. The molecule has 15 heavy (non-hydrogen) atoms. The summed E-state index contributed by atoms with van der Waals surface area (Å²) in [7, 11) is 0. The molecule has 6 heteroatoms. The van der Waals surface area contributed by atoms with E-state index in [0.717, 1.165) is 0 Å². The maximum atomic E-state index is 11.5. The molecule has 0 bridgehead atoms. The third-order valence-corrected chi connectivity index (χ3v) is 2.36. The van der Waals surface area contributed by atoms with Gasteiger partial charge in [-0.05, 0) is 6.42 Å². The van der Waals surface area contributed by atoms with Crippen LogP contribution in [0.3, 0.4) is 0 Å². The molecule has 0 aromatic carbocycles. The molecule has 0 aliphatic carbocycles. The zero-order valence-corrected chi connectivity index (χ0v) is 9.26. The van der Waals surface area contributed by atoms with Crippen LogP contribution in [0.1, 0.15) is 6.42 Å². The van der Waals surface area contributed by atoms with Crippen molar-refractivity contribution >= 4 is 23.4 Å². The van der Waals surface area contributed by atoms with Gasteiger partial charge in [0.2, 0.25) is 0 Å². The average molecular weight is 235 g/mol. The van der Waals surface area contributed by atoms with Crippen LogP contribution in [0.5, 0.6) is 0 Å². The van der Waals surface area contributed by atoms with Crippen molar-refractivity contribution in [2.24, 2.45) is 0 Å². The molecule has 0 saturated carbocycles. The number of nitrogens with zero attached hydrogens (tertiary/aromatic N) is 1. The number of morpholine rings is 1. The normalized spacial score (nSPS) is 16.2. The number of carbonyl (C=O) groups excluding carboxylic acids is 2. The van der Waals surface area contributed by atoms with Gasteiger partial charge in [-0.15, -0.1) is 11.6 Å². The van der Waals surface area contributed by atoms with E-state index in [0.29, 0.717) is 45.1 Å². The lowest BCUT2D eigenvalue weighted by Gasteiger charge is -2.26. The fourth-order valence-electron chi connectivity index (χ4n) is 1.25. The summed E-state index contributed by atoms with van der Waals surface area (Å²) in [6.07, 6.45) is 0.670. The van der Waals surface area contributed by atoms with Gasteiger partial charge in [0.1, 0.15) is 0 Å². The largest absolute Gasteiger partial charge is 0.378 e. The quantitative estimate of drug-likeness (QED) is 0.410. The van der Waals surface area contributed by atoms with Gasteiger partial charge in [-0.25, -0.2) is 0 Å². The number of nitrogens with one attached hydrogen (secondary N) is 1. The van der Waals surface area contributed by atoms with E-state index in [4.69, 9.17) is 16.3 Å². The molecule has 0 radical (unpaired) electrons. The highest BCUT2D eigenvalue weighted by Crippen LogP contribution is 1.97. The Labute approximate surface area is 93.7 Å². The summed E-state index contributed by atoms with van der Waals surface area (Å²) in [4.78, 5) is 24.3. The summed E-state index contributed by atoms with van der Waals surface area (Å²) in [5.74, 6) is -0.554. The van der Waals surface area contributed by atoms with Crippen molar-refractivity contribution in [1.29, 1.82) is 0 Å². The molecule has 1 saturated heterocycles. The Morgan fingerprint density at radius 1 is 1.33 bits per heavy atom. The van der Waals surface area contributed by atoms with E-state index < -0.39 is 11.8 Å². The minimum absolute atomic E-state index is 0.443. The topological polar surface area (TPSA) is 58.6 Å². The zero-order chi connectivity index (χ0) is 11.1. The smallest absolute Gasteiger partial charge is 0.312 e. The monoisotopic (exact) mass is 234 g/mol. The minimum Gasteiger partial charge on any atom is -0.378 e. The van der Waals surface area contributed by atoms with Crippen LogP contribution in [0.2, 0.25) is 0 Å². The fraction of sp³-hybridized carbons (Fsp3) is 0.778. The SMILES string of the molecule is O=C(NCCCCl)C(=O)N1CCOCC1. The Balaban J connectivity index is 2.28. The van der Waals surface area contributed by atoms with Crippen LogP contribution in [0, 0.1) is 0 Å². The van der Waals surface area contributed by atoms with Crippen molar-refractivity contribution in [3.05, 3.63) is 0 Å². The number of amides is 2. The zero-order valence-electron chi connectivity index (χ0n) is 8.50. The first-order valence-electron chi connectivity index (χ1n) is 4.96. The predicted molar refractivity (Wildman–Crippen MR) is 55.7 cm³/mol. The maximum absolute atomic E-state index is 11.5. The summed E-state index contributed by atoms with van der Waals surface area (Å²) in [6.45, 7) is 2.42. The van der Waals surface area contributed by atoms with Crippen LogP contribution in [0.4, 0.5) is 0 Å². The molecule has 1 rings (SSSR count). The number of rotatable bonds is 3. The molecular formula is C9H15ClN2O3. The van der Waals surface area contributed by atoms with Gasteiger partial charge in [0, 0.05) is 25.5 Å². The molecule has 0 unspecified atom stereocenters. The summed E-state index contributed by atoms with van der Waals surface area (Å²) in [5, 5.41) is 2.53. The van der Waals surface area contributed by atoms with Crippen LogP contribution in [0.15, 0.2) is 0 Å². The average Bonchev–Trinajstić information content (AvgIpc) is 2.29. The van der Waals surface area contributed by atoms with Crippen LogP contribution < -0.4 is 5.32 Å². The second-order valence-corrected chi connectivity index (χ2v) is 3.58. The Morgan fingerprint density at radius 3 is 2.60 bits per heavy atom. The molecule has 2 amide bonds. The van der Waals surface area contributed by atoms with Gasteiger partial charge < -0.3 is 15.0 Å². The summed E-state index contributed by atoms with van der Waals surface area (Å²) >= 11 is 5.45. The van der Waals surface area contributed by atoms with Gasteiger partial charge in [-0.2, -0.15) is 0 Å². The van der Waals surface area contributed by atoms with Crippen molar-refractivity contribution in [1.82, 2.24) is 10.2 Å². The molecule has 1 aliphatic rings. The third kappa shape index (κ3) is 4.05. The molecular weight excluding hydrogens is 220 g/mol. The first-order valence-corrected chi connectivity index (χ1v) is 5.50. The molecule has 1 fully saturated rings. The number of alkyl halides is 1. The predicted octanol–water partition coefficient (Wildman–Crippen LogP) is -0.410. The van der Waals surface area contributed by atoms with E-state index >= 15 is 0 Å². The molecule has 1 aliphatic heterocycles. The highest BCUT2D eigenvalue weighted by atomic mass is 35.5. The molecule has 0 aromatic heterocycles. The molecule has 0 spiro atoms. The van der Waals surface area contributed by atoms with E-state index in [1.165, 1.54) is 4.90 Å². The molecule has 1 heterocycles. The van der Waals surface area contributed by atoms with E-state index in [1.807, 2.05) is 0 Å². The molecule has 0 aromatic rings. The lowest BCUT2D eigenvalue weighted by atomic mass is 10.3. The van der Waals surface area contributed by atoms with E-state index in [1.54, 1.807) is 0 Å². The number of hydrogen-bond donors (Lipinski definition) is 1. The van der Waals surface area contributed by atoms with Gasteiger partial charge in [-0.3, -0.25) is 9.59 Å². The fourth-order valence-corrected chi connectivity index (χ4v) is 1.39. The van der Waals surface area contributed by atoms with E-state index in [9.17, 15) is 9.59 Å². The Kier molecular flexibility index (Phi) is 5.42. The standard InChI is InChI=1S/C9H15ClN2O3/c10-2-1-3-11-8(13)9(14)12-4-6-15-7-5-12/h1-7H2,(H,11,13). The Hall–Kier alpha value is -0.810. The van der Waals surface area contributed by atoms with E-state index in [-0.39, 0.29) is 0 Å². The van der Waals surface area contributed by atoms with Gasteiger partial charge in [0.25, 0.3) is 0 Å². The lowest BCUT2D eigenvalue weighted by molar-refractivity contribution is -0.148. The van der Waals surface area contributed by atoms with Crippen LogP contribution in [0.25, 0.3) is 0 Å². The summed E-state index contributed by atoms with van der Waals surface area (Å²) in [6, 6.07) is 0. The Bertz CT molecular complexity index is 229. The van der Waals surface area contributed by atoms with Crippen LogP contribution in [-0.4, -0.2) is 55.4 Å². The number of halogens is 1. The highest BCUT2D eigenvalue weighted by molar-refractivity contribution is 6.35. The first-order chi connectivity index (χ1) is 7.25. The van der Waals surface area contributed by atoms with Crippen LogP contribution >= 0.6 is 11.6 Å². The highest BCUT2D eigenvalue weighted by Gasteiger charge is 2.22. The van der Waals surface area contributed by atoms with Crippen molar-refractivity contribution in [2.75, 3.05) is 38.7 Å². The summed E-state index contributed by atoms with van der Waals surface area (Å²) < 4.78 is 5.09. The lowest BCUT2D eigenvalue weighted by Crippen LogP contribution is -2.48. The molecule has 0 atom stereocenters. The number of ether oxygens (including phenoxy) is 1. The van der Waals surface area contributed by atoms with Gasteiger partial charge >= 0.3 is 11.8 Å². The second-order valence-electron chi connectivity index (χ2n) is 3.20. The molecule has 86 valence electrons. The van der Waals surface area contributed by atoms with Crippen molar-refractivity contribution in [3.63, 3.8) is 0 Å². The van der Waals surface area contributed by atoms with Crippen LogP contribution in [-0.2, 0) is 14.3 Å². The Morgan fingerprint density at radius 2 is 2.00 bits per heavy atom. The third-order valence-electron chi connectivity index (χ3n) is 2.09. The van der Waals surface area contributed by atoms with E-state index in [2.05, 4.69) is 5.32 Å². The van der Waals surface area contributed by atoms with Gasteiger partial charge in [0.05, 0.1) is 13.2 Å². The number of carbonyl (C=O) groups is 2. The van der Waals surface area contributed by atoms with Gasteiger partial charge in [-0.1, -0.05) is 0 Å². The van der Waals surface area contributed by atoms with Crippen molar-refractivity contribution < 1.29 is 14.3 Å². The molecule has 1 N–H and O–H groups in total. The minimum atomic E-state index is -0.554.